The first-order chi connectivity index (χ1) is 12.2. The van der Waals surface area contributed by atoms with Crippen molar-refractivity contribution in [2.75, 3.05) is 40.0 Å². The molecule has 7 nitrogen and oxygen atoms in total. The number of hydrogen-bond donors (Lipinski definition) is 0. The van der Waals surface area contributed by atoms with Crippen LogP contribution in [0.15, 0.2) is 23.1 Å². The van der Waals surface area contributed by atoms with Crippen LogP contribution in [0.1, 0.15) is 31.1 Å². The molecule has 152 valence electrons. The molecule has 0 bridgehead atoms. The molecule has 1 rings (SSSR count). The number of carbonyl (C=O) groups excluding carboxylic acids is 2. The van der Waals surface area contributed by atoms with Crippen molar-refractivity contribution >= 4 is 33.3 Å². The molecular formula is C18H27ClN2O5S. The van der Waals surface area contributed by atoms with Crippen molar-refractivity contribution in [1.82, 2.24) is 9.80 Å². The summed E-state index contributed by atoms with van der Waals surface area (Å²) >= 11 is 5.94. The van der Waals surface area contributed by atoms with Gasteiger partial charge in [0, 0.05) is 24.9 Å². The second-order valence-electron chi connectivity index (χ2n) is 7.53. The van der Waals surface area contributed by atoms with Crippen molar-refractivity contribution in [3.05, 3.63) is 28.8 Å². The molecule has 0 aromatic heterocycles. The van der Waals surface area contributed by atoms with Gasteiger partial charge in [-0.15, -0.1) is 0 Å². The van der Waals surface area contributed by atoms with Crippen LogP contribution in [0.4, 0.5) is 0 Å². The number of hydrogen-bond acceptors (Lipinski definition) is 6. The van der Waals surface area contributed by atoms with Gasteiger partial charge >= 0.3 is 5.97 Å². The molecular weight excluding hydrogens is 392 g/mol. The lowest BCUT2D eigenvalue weighted by atomic mass is 10.2. The number of sulfone groups is 1. The Bertz CT molecular complexity index is 800. The molecule has 0 heterocycles. The van der Waals surface area contributed by atoms with Gasteiger partial charge in [-0.25, -0.2) is 8.42 Å². The minimum absolute atomic E-state index is 0.0426. The van der Waals surface area contributed by atoms with E-state index in [0.717, 1.165) is 6.26 Å². The third kappa shape index (κ3) is 7.86. The van der Waals surface area contributed by atoms with Gasteiger partial charge in [0.1, 0.15) is 12.1 Å². The summed E-state index contributed by atoms with van der Waals surface area (Å²) in [5, 5.41) is 0.0426. The smallest absolute Gasteiger partial charge is 0.326 e. The zero-order chi connectivity index (χ0) is 21.0. The Balaban J connectivity index is 3.14. The van der Waals surface area contributed by atoms with E-state index in [-0.39, 0.29) is 28.6 Å². The number of amides is 1. The maximum Gasteiger partial charge on any atom is 0.326 e. The summed E-state index contributed by atoms with van der Waals surface area (Å²) in [5.74, 6) is -1.00. The molecule has 0 fully saturated rings. The lowest BCUT2D eigenvalue weighted by Gasteiger charge is -2.26. The van der Waals surface area contributed by atoms with E-state index in [1.807, 2.05) is 19.0 Å². The monoisotopic (exact) mass is 418 g/mol. The SMILES string of the molecule is CN(C)CCN(CC(=O)OC(C)(C)C)C(=O)c1ccc(Cl)c(S(C)(=O)=O)c1. The van der Waals surface area contributed by atoms with Crippen LogP contribution in [0.5, 0.6) is 0 Å². The highest BCUT2D eigenvalue weighted by molar-refractivity contribution is 7.90. The normalized spacial score (nSPS) is 12.1. The standard InChI is InChI=1S/C18H27ClN2O5S/c1-18(2,3)26-16(22)12-21(10-9-20(4)5)17(23)13-7-8-14(19)15(11-13)27(6,24)25/h7-8,11H,9-10,12H2,1-6H3. The van der Waals surface area contributed by atoms with Crippen LogP contribution in [-0.2, 0) is 19.4 Å². The molecule has 27 heavy (non-hydrogen) atoms. The minimum atomic E-state index is -3.59. The first kappa shape index (κ1) is 23.4. The number of esters is 1. The van der Waals surface area contributed by atoms with Crippen molar-refractivity contribution in [3.63, 3.8) is 0 Å². The summed E-state index contributed by atoms with van der Waals surface area (Å²) < 4.78 is 29.0. The van der Waals surface area contributed by atoms with E-state index in [1.165, 1.54) is 23.1 Å². The number of carbonyl (C=O) groups is 2. The Hall–Kier alpha value is -1.64. The predicted molar refractivity (Wildman–Crippen MR) is 105 cm³/mol. The zero-order valence-corrected chi connectivity index (χ0v) is 18.1. The van der Waals surface area contributed by atoms with Crippen molar-refractivity contribution in [1.29, 1.82) is 0 Å². The van der Waals surface area contributed by atoms with Crippen molar-refractivity contribution in [2.24, 2.45) is 0 Å². The Morgan fingerprint density at radius 3 is 2.22 bits per heavy atom. The fourth-order valence-corrected chi connectivity index (χ4v) is 3.51. The average molecular weight is 419 g/mol. The molecule has 9 heteroatoms. The summed E-state index contributed by atoms with van der Waals surface area (Å²) in [6, 6.07) is 4.04. The van der Waals surface area contributed by atoms with E-state index in [0.29, 0.717) is 6.54 Å². The second-order valence-corrected chi connectivity index (χ2v) is 9.93. The van der Waals surface area contributed by atoms with Crippen LogP contribution in [0.3, 0.4) is 0 Å². The van der Waals surface area contributed by atoms with Gasteiger partial charge in [-0.3, -0.25) is 9.59 Å². The van der Waals surface area contributed by atoms with E-state index in [2.05, 4.69) is 0 Å². The molecule has 0 radical (unpaired) electrons. The summed E-state index contributed by atoms with van der Waals surface area (Å²) in [4.78, 5) is 28.2. The number of halogens is 1. The topological polar surface area (TPSA) is 84.0 Å². The van der Waals surface area contributed by atoms with Gasteiger partial charge in [-0.1, -0.05) is 11.6 Å². The Kier molecular flexibility index (Phi) is 7.83. The molecule has 1 aromatic carbocycles. The number of nitrogens with zero attached hydrogens (tertiary/aromatic N) is 2. The summed E-state index contributed by atoms with van der Waals surface area (Å²) in [6.07, 6.45) is 1.02. The quantitative estimate of drug-likeness (QED) is 0.630. The first-order valence-corrected chi connectivity index (χ1v) is 10.6. The Labute approximate surface area is 166 Å². The highest BCUT2D eigenvalue weighted by atomic mass is 35.5. The third-order valence-electron chi connectivity index (χ3n) is 3.42. The van der Waals surface area contributed by atoms with Gasteiger partial charge in [0.15, 0.2) is 9.84 Å². The molecule has 0 aliphatic rings. The van der Waals surface area contributed by atoms with Gasteiger partial charge in [0.05, 0.1) is 9.92 Å². The molecule has 0 aliphatic heterocycles. The maximum absolute atomic E-state index is 12.9. The summed E-state index contributed by atoms with van der Waals surface area (Å²) in [7, 11) is 0.104. The second kappa shape index (κ2) is 9.03. The number of rotatable bonds is 7. The average Bonchev–Trinajstić information content (AvgIpc) is 2.48. The predicted octanol–water partition coefficient (Wildman–Crippen LogP) is 2.09. The lowest BCUT2D eigenvalue weighted by molar-refractivity contribution is -0.155. The van der Waals surface area contributed by atoms with Gasteiger partial charge in [-0.2, -0.15) is 0 Å². The largest absolute Gasteiger partial charge is 0.459 e. The van der Waals surface area contributed by atoms with Crippen LogP contribution in [0, 0.1) is 0 Å². The fraction of sp³-hybridized carbons (Fsp3) is 0.556. The molecule has 0 saturated carbocycles. The summed E-state index contributed by atoms with van der Waals surface area (Å²) in [6.45, 7) is 5.81. The lowest BCUT2D eigenvalue weighted by Crippen LogP contribution is -2.42. The van der Waals surface area contributed by atoms with E-state index in [4.69, 9.17) is 16.3 Å². The molecule has 1 aromatic rings. The van der Waals surface area contributed by atoms with Gasteiger partial charge < -0.3 is 14.5 Å². The Morgan fingerprint density at radius 2 is 1.74 bits per heavy atom. The van der Waals surface area contributed by atoms with Gasteiger partial charge in [0.25, 0.3) is 5.91 Å². The molecule has 0 unspecified atom stereocenters. The minimum Gasteiger partial charge on any atom is -0.459 e. The molecule has 0 saturated heterocycles. The van der Waals surface area contributed by atoms with Crippen molar-refractivity contribution in [2.45, 2.75) is 31.3 Å². The Morgan fingerprint density at radius 1 is 1.15 bits per heavy atom. The van der Waals surface area contributed by atoms with Crippen LogP contribution in [-0.4, -0.2) is 75.7 Å². The molecule has 0 spiro atoms. The van der Waals surface area contributed by atoms with E-state index >= 15 is 0 Å². The molecule has 0 N–H and O–H groups in total. The maximum atomic E-state index is 12.9. The van der Waals surface area contributed by atoms with Crippen LogP contribution in [0.2, 0.25) is 5.02 Å². The van der Waals surface area contributed by atoms with E-state index < -0.39 is 27.3 Å². The van der Waals surface area contributed by atoms with Crippen molar-refractivity contribution in [3.8, 4) is 0 Å². The van der Waals surface area contributed by atoms with E-state index in [9.17, 15) is 18.0 Å². The molecule has 0 atom stereocenters. The molecule has 0 aliphatic carbocycles. The van der Waals surface area contributed by atoms with E-state index in [1.54, 1.807) is 20.8 Å². The zero-order valence-electron chi connectivity index (χ0n) is 16.6. The van der Waals surface area contributed by atoms with Crippen molar-refractivity contribution < 1.29 is 22.7 Å². The number of likely N-dealkylation sites (N-methyl/N-ethyl adjacent to an activating group) is 1. The highest BCUT2D eigenvalue weighted by Crippen LogP contribution is 2.23. The first-order valence-electron chi connectivity index (χ1n) is 8.36. The third-order valence-corrected chi connectivity index (χ3v) is 5.00. The van der Waals surface area contributed by atoms with Gasteiger partial charge in [0.2, 0.25) is 0 Å². The van der Waals surface area contributed by atoms with Gasteiger partial charge in [-0.05, 0) is 53.1 Å². The number of benzene rings is 1. The molecule has 1 amide bonds. The van der Waals surface area contributed by atoms with Crippen LogP contribution in [0.25, 0.3) is 0 Å². The highest BCUT2D eigenvalue weighted by Gasteiger charge is 2.24. The van der Waals surface area contributed by atoms with Crippen LogP contribution < -0.4 is 0 Å². The number of ether oxygens (including phenoxy) is 1. The fourth-order valence-electron chi connectivity index (χ4n) is 2.21. The summed E-state index contributed by atoms with van der Waals surface area (Å²) in [5.41, 5.74) is -0.529. The van der Waals surface area contributed by atoms with Crippen LogP contribution >= 0.6 is 11.6 Å².